The van der Waals surface area contributed by atoms with Crippen LogP contribution in [-0.4, -0.2) is 19.5 Å². The van der Waals surface area contributed by atoms with Crippen molar-refractivity contribution in [1.29, 1.82) is 0 Å². The Hall–Kier alpha value is 0.126. The van der Waals surface area contributed by atoms with Crippen molar-refractivity contribution in [2.75, 3.05) is 23.8 Å². The minimum Gasteiger partial charge on any atom is -0.374 e. The van der Waals surface area contributed by atoms with E-state index in [2.05, 4.69) is 5.32 Å². The monoisotopic (exact) mass is 216 g/mol. The zero-order valence-electron chi connectivity index (χ0n) is 8.87. The largest absolute Gasteiger partial charge is 1.00 e. The van der Waals surface area contributed by atoms with Crippen LogP contribution in [0, 0.1) is 7.43 Å². The summed E-state index contributed by atoms with van der Waals surface area (Å²) in [7, 11) is 1.79. The molecule has 0 saturated heterocycles. The number of likely N-dealkylation sites (N-methyl/N-ethyl adjacent to an activating group) is 1. The van der Waals surface area contributed by atoms with Crippen molar-refractivity contribution in [1.82, 2.24) is 0 Å². The van der Waals surface area contributed by atoms with Crippen molar-refractivity contribution < 1.29 is 56.2 Å². The molecule has 1 aliphatic heterocycles. The number of hydrogen-bond donors (Lipinski definition) is 1. The summed E-state index contributed by atoms with van der Waals surface area (Å²) in [6, 6.07) is 7.78. The van der Waals surface area contributed by atoms with E-state index in [0.29, 0.717) is 6.54 Å². The van der Waals surface area contributed by atoms with Gasteiger partial charge in [0.1, 0.15) is 0 Å². The van der Waals surface area contributed by atoms with Gasteiger partial charge in [0.15, 0.2) is 0 Å². The van der Waals surface area contributed by atoms with E-state index in [4.69, 9.17) is 0 Å². The first-order valence-corrected chi connectivity index (χ1v) is 3.88. The molecule has 0 fully saturated rings. The van der Waals surface area contributed by atoms with Crippen molar-refractivity contribution in [3.63, 3.8) is 0 Å². The van der Waals surface area contributed by atoms with Gasteiger partial charge < -0.3 is 17.6 Å². The molecule has 1 aliphatic rings. The fraction of sp³-hybridized carbons (Fsp3) is 0.200. The van der Waals surface area contributed by atoms with Crippen LogP contribution < -0.4 is 61.6 Å². The van der Waals surface area contributed by atoms with Crippen LogP contribution in [0.4, 0.5) is 11.4 Å². The maximum absolute atomic E-state index is 11.2. The molecule has 3 nitrogen and oxygen atoms in total. The van der Waals surface area contributed by atoms with Crippen LogP contribution in [0.2, 0.25) is 0 Å². The summed E-state index contributed by atoms with van der Waals surface area (Å²) in [5, 5.41) is 3.05. The smallest absolute Gasteiger partial charge is 0.374 e. The zero-order valence-corrected chi connectivity index (χ0v) is 12.0. The third kappa shape index (κ3) is 2.58. The van der Waals surface area contributed by atoms with E-state index in [0.717, 1.165) is 11.4 Å². The van der Waals surface area contributed by atoms with Gasteiger partial charge in [-0.15, -0.1) is 0 Å². The van der Waals surface area contributed by atoms with E-state index < -0.39 is 0 Å². The fourth-order valence-electron chi connectivity index (χ4n) is 1.34. The van der Waals surface area contributed by atoms with E-state index in [1.165, 1.54) is 0 Å². The van der Waals surface area contributed by atoms with Gasteiger partial charge in [-0.25, -0.2) is 0 Å². The number of amides is 1. The van der Waals surface area contributed by atoms with Crippen LogP contribution in [0.3, 0.4) is 0 Å². The molecule has 1 aromatic rings. The molecule has 0 unspecified atom stereocenters. The Morgan fingerprint density at radius 2 is 2.00 bits per heavy atom. The predicted octanol–water partition coefficient (Wildman–Crippen LogP) is -1.47. The minimum atomic E-state index is 0. The molecule has 0 atom stereocenters. The van der Waals surface area contributed by atoms with Gasteiger partial charge in [-0.05, 0) is 12.1 Å². The summed E-state index contributed by atoms with van der Waals surface area (Å²) in [5.41, 5.74) is 1.98. The standard InChI is InChI=1S/C9H10N2O.CH3.K/c1-11-8-5-3-2-4-7(8)10-6-9(11)12;;/h2-5,10H,6H2,1H3;1H3;/q;-1;+1. The average Bonchev–Trinajstić information content (AvgIpc) is 2.12. The molecular weight excluding hydrogens is 203 g/mol. The van der Waals surface area contributed by atoms with Crippen molar-refractivity contribution in [2.24, 2.45) is 0 Å². The molecule has 0 saturated carbocycles. The molecule has 4 heteroatoms. The number of hydrogen-bond acceptors (Lipinski definition) is 2. The van der Waals surface area contributed by atoms with Crippen LogP contribution in [-0.2, 0) is 4.79 Å². The van der Waals surface area contributed by atoms with E-state index in [1.807, 2.05) is 24.3 Å². The van der Waals surface area contributed by atoms with Gasteiger partial charge in [-0.1, -0.05) is 12.1 Å². The Labute approximate surface area is 127 Å². The maximum atomic E-state index is 11.2. The number of carbonyl (C=O) groups is 1. The van der Waals surface area contributed by atoms with Crippen LogP contribution in [0.15, 0.2) is 24.3 Å². The Morgan fingerprint density at radius 3 is 2.71 bits per heavy atom. The summed E-state index contributed by atoms with van der Waals surface area (Å²) in [6.45, 7) is 0.396. The number of para-hydroxylation sites is 2. The summed E-state index contributed by atoms with van der Waals surface area (Å²) < 4.78 is 0. The van der Waals surface area contributed by atoms with E-state index in [-0.39, 0.29) is 64.7 Å². The van der Waals surface area contributed by atoms with E-state index in [1.54, 1.807) is 11.9 Å². The van der Waals surface area contributed by atoms with Crippen molar-refractivity contribution in [3.8, 4) is 0 Å². The van der Waals surface area contributed by atoms with Gasteiger partial charge in [0.2, 0.25) is 5.91 Å². The fourth-order valence-corrected chi connectivity index (χ4v) is 1.34. The summed E-state index contributed by atoms with van der Waals surface area (Å²) in [5.74, 6) is 0.105. The second-order valence-electron chi connectivity index (χ2n) is 2.82. The topological polar surface area (TPSA) is 32.3 Å². The number of carbonyl (C=O) groups excluding carboxylic acids is 1. The Kier molecular flexibility index (Phi) is 5.93. The normalized spacial score (nSPS) is 13.2. The molecule has 0 bridgehead atoms. The first kappa shape index (κ1) is 14.1. The van der Waals surface area contributed by atoms with E-state index in [9.17, 15) is 4.79 Å². The van der Waals surface area contributed by atoms with E-state index >= 15 is 0 Å². The maximum Gasteiger partial charge on any atom is 1.00 e. The third-order valence-corrected chi connectivity index (χ3v) is 2.07. The molecule has 14 heavy (non-hydrogen) atoms. The number of nitrogens with zero attached hydrogens (tertiary/aromatic N) is 1. The number of anilines is 2. The Bertz CT molecular complexity index is 328. The zero-order chi connectivity index (χ0) is 8.55. The molecule has 2 rings (SSSR count). The quantitative estimate of drug-likeness (QED) is 0.424. The number of rotatable bonds is 0. The second-order valence-corrected chi connectivity index (χ2v) is 2.82. The molecule has 1 amide bonds. The summed E-state index contributed by atoms with van der Waals surface area (Å²) in [4.78, 5) is 12.9. The summed E-state index contributed by atoms with van der Waals surface area (Å²) >= 11 is 0. The number of benzene rings is 1. The molecule has 0 spiro atoms. The molecule has 0 radical (unpaired) electrons. The Morgan fingerprint density at radius 1 is 1.36 bits per heavy atom. The van der Waals surface area contributed by atoms with Crippen molar-refractivity contribution in [3.05, 3.63) is 31.7 Å². The van der Waals surface area contributed by atoms with Crippen molar-refractivity contribution in [2.45, 2.75) is 0 Å². The molecule has 70 valence electrons. The van der Waals surface area contributed by atoms with Gasteiger partial charge in [-0.3, -0.25) is 4.79 Å². The van der Waals surface area contributed by atoms with Crippen LogP contribution in [0.1, 0.15) is 0 Å². The molecule has 0 aromatic heterocycles. The second kappa shape index (κ2) is 5.87. The summed E-state index contributed by atoms with van der Waals surface area (Å²) in [6.07, 6.45) is 0. The number of fused-ring (bicyclic) bond motifs is 1. The van der Waals surface area contributed by atoms with Gasteiger partial charge in [0.25, 0.3) is 0 Å². The number of nitrogens with one attached hydrogen (secondary N) is 1. The third-order valence-electron chi connectivity index (χ3n) is 2.07. The van der Waals surface area contributed by atoms with Gasteiger partial charge in [0, 0.05) is 7.05 Å². The van der Waals surface area contributed by atoms with Gasteiger partial charge in [-0.2, -0.15) is 0 Å². The minimum absolute atomic E-state index is 0. The Balaban J connectivity index is 0.000000845. The average molecular weight is 216 g/mol. The van der Waals surface area contributed by atoms with Crippen LogP contribution in [0.25, 0.3) is 0 Å². The van der Waals surface area contributed by atoms with Gasteiger partial charge >= 0.3 is 51.4 Å². The van der Waals surface area contributed by atoms with Crippen LogP contribution >= 0.6 is 0 Å². The van der Waals surface area contributed by atoms with Crippen LogP contribution in [0.5, 0.6) is 0 Å². The van der Waals surface area contributed by atoms with Gasteiger partial charge in [0.05, 0.1) is 17.9 Å². The first-order chi connectivity index (χ1) is 5.79. The predicted molar refractivity (Wildman–Crippen MR) is 54.8 cm³/mol. The first-order valence-electron chi connectivity index (χ1n) is 3.88. The SMILES string of the molecule is CN1C(=O)CNc2ccccc21.[CH3-].[K+]. The molecule has 1 aromatic carbocycles. The van der Waals surface area contributed by atoms with Crippen molar-refractivity contribution >= 4 is 17.3 Å². The molecule has 1 heterocycles. The molecular formula is C10H13KN2O. The molecule has 0 aliphatic carbocycles. The molecule has 1 N–H and O–H groups in total.